The number of phenols is 2. The van der Waals surface area contributed by atoms with Crippen LogP contribution in [-0.4, -0.2) is 108 Å². The van der Waals surface area contributed by atoms with Crippen LogP contribution in [0.4, 0.5) is 0 Å². The first-order valence-electron chi connectivity index (χ1n) is 20.7. The van der Waals surface area contributed by atoms with Crippen molar-refractivity contribution in [2.24, 2.45) is 0 Å². The number of aliphatic hydroxyl groups is 2. The third-order valence-electron chi connectivity index (χ3n) is 11.6. The average Bonchev–Trinajstić information content (AvgIpc) is 3.19. The number of rotatable bonds is 17. The van der Waals surface area contributed by atoms with Crippen LogP contribution in [0.25, 0.3) is 0 Å². The third-order valence-corrected chi connectivity index (χ3v) is 11.6. The molecule has 0 bridgehead atoms. The quantitative estimate of drug-likeness (QED) is 0.0577. The van der Waals surface area contributed by atoms with Gasteiger partial charge in [-0.25, -0.2) is 9.59 Å². The van der Waals surface area contributed by atoms with Gasteiger partial charge in [0.05, 0.1) is 25.7 Å². The van der Waals surface area contributed by atoms with Gasteiger partial charge in [-0.2, -0.15) is 0 Å². The fourth-order valence-corrected chi connectivity index (χ4v) is 7.46. The molecule has 60 heavy (non-hydrogen) atoms. The van der Waals surface area contributed by atoms with E-state index in [2.05, 4.69) is 148 Å². The molecule has 0 radical (unpaired) electrons. The lowest BCUT2D eigenvalue weighted by Gasteiger charge is -2.43. The van der Waals surface area contributed by atoms with Crippen LogP contribution < -0.4 is 24.0 Å². The Hall–Kier alpha value is -4.01. The van der Waals surface area contributed by atoms with E-state index in [1.54, 1.807) is 0 Å². The number of phenolic OH excluding ortho intramolecular Hbond substituents is 2. The number of carbonyl (C=O) groups is 2. The largest absolute Gasteiger partial charge is 1.00 e. The fourth-order valence-electron chi connectivity index (χ4n) is 7.46. The van der Waals surface area contributed by atoms with E-state index in [0.29, 0.717) is 35.7 Å². The molecule has 0 fully saturated rings. The average molecular weight is 943 g/mol. The second kappa shape index (κ2) is 25.7. The maximum absolute atomic E-state index is 10.5. The molecule has 0 spiro atoms. The summed E-state index contributed by atoms with van der Waals surface area (Å²) >= 11 is 0. The minimum absolute atomic E-state index is 0. The Balaban J connectivity index is 0.000000485. The number of aliphatic carboxylic acids is 2. The van der Waals surface area contributed by atoms with Crippen molar-refractivity contribution in [1.29, 1.82) is 0 Å². The van der Waals surface area contributed by atoms with Crippen molar-refractivity contribution in [2.75, 3.05) is 20.1 Å². The summed E-state index contributed by atoms with van der Waals surface area (Å²) in [4.78, 5) is 22.1. The van der Waals surface area contributed by atoms with Crippen molar-refractivity contribution < 1.29 is 68.7 Å². The van der Waals surface area contributed by atoms with Gasteiger partial charge in [0, 0.05) is 41.5 Å². The molecule has 4 rings (SSSR count). The Morgan fingerprint density at radius 1 is 0.583 bits per heavy atom. The monoisotopic (exact) mass is 942 g/mol. The lowest BCUT2D eigenvalue weighted by molar-refractivity contribution is -0.949. The van der Waals surface area contributed by atoms with Gasteiger partial charge in [-0.05, 0) is 105 Å². The predicted octanol–water partition coefficient (Wildman–Crippen LogP) is 5.71. The molecule has 0 saturated carbocycles. The Kier molecular flexibility index (Phi) is 23.1. The van der Waals surface area contributed by atoms with Gasteiger partial charge in [-0.15, -0.1) is 0 Å². The number of hydrogen-bond acceptors (Lipinski definition) is 7. The molecule has 0 heterocycles. The van der Waals surface area contributed by atoms with E-state index in [0.717, 1.165) is 41.5 Å². The maximum Gasteiger partial charge on any atom is 0.335 e. The van der Waals surface area contributed by atoms with E-state index in [4.69, 9.17) is 20.4 Å². The molecular weight excluding hydrogens is 871 g/mol. The van der Waals surface area contributed by atoms with Gasteiger partial charge in [0.25, 0.3) is 0 Å². The molecule has 332 valence electrons. The first-order valence-corrected chi connectivity index (χ1v) is 20.7. The Morgan fingerprint density at radius 2 is 0.933 bits per heavy atom. The molecule has 0 aliphatic carbocycles. The molecule has 0 amide bonds. The first kappa shape index (κ1) is 54.0. The molecule has 0 aliphatic rings. The van der Waals surface area contributed by atoms with E-state index in [1.165, 1.54) is 22.3 Å². The molecule has 0 aromatic heterocycles. The summed E-state index contributed by atoms with van der Waals surface area (Å²) in [6, 6.07) is 35.2. The first-order chi connectivity index (χ1) is 27.6. The summed E-state index contributed by atoms with van der Waals surface area (Å²) in [6.45, 7) is 24.5. The number of aliphatic hydroxyl groups excluding tert-OH is 2. The Bertz CT molecular complexity index is 1840. The van der Waals surface area contributed by atoms with Gasteiger partial charge in [-0.3, -0.25) is 4.90 Å². The number of hydrogen-bond donors (Lipinski definition) is 6. The van der Waals surface area contributed by atoms with Crippen LogP contribution >= 0.6 is 0 Å². The number of aryl methyl sites for hydroxylation is 2. The summed E-state index contributed by atoms with van der Waals surface area (Å²) in [5, 5.41) is 53.5. The number of benzene rings is 4. The Labute approximate surface area is 376 Å². The van der Waals surface area contributed by atoms with Crippen LogP contribution in [-0.2, 0) is 9.59 Å². The summed E-state index contributed by atoms with van der Waals surface area (Å²) in [5.41, 5.74) is 7.01. The van der Waals surface area contributed by atoms with Crippen molar-refractivity contribution in [1.82, 2.24) is 4.90 Å². The highest BCUT2D eigenvalue weighted by molar-refractivity contribution is 5.83. The number of aromatic hydroxyl groups is 2. The highest BCUT2D eigenvalue weighted by atomic mass is 127. The zero-order valence-corrected chi connectivity index (χ0v) is 39.6. The second-order valence-electron chi connectivity index (χ2n) is 16.9. The van der Waals surface area contributed by atoms with Crippen LogP contribution in [0, 0.1) is 13.8 Å². The number of nitrogens with zero attached hydrogens (tertiary/aromatic N) is 2. The fraction of sp³-hybridized carbons (Fsp3) is 0.469. The molecule has 4 atom stereocenters. The molecule has 11 heteroatoms. The minimum atomic E-state index is -2.27. The van der Waals surface area contributed by atoms with E-state index in [9.17, 15) is 19.8 Å². The number of quaternary nitrogens is 1. The summed E-state index contributed by atoms with van der Waals surface area (Å²) < 4.78 is 1.04. The van der Waals surface area contributed by atoms with Crippen LogP contribution in [0.3, 0.4) is 0 Å². The highest BCUT2D eigenvalue weighted by Crippen LogP contribution is 2.37. The molecular formula is C49H71IN2O8. The van der Waals surface area contributed by atoms with Crippen molar-refractivity contribution >= 4 is 11.9 Å². The van der Waals surface area contributed by atoms with Crippen LogP contribution in [0.1, 0.15) is 113 Å². The van der Waals surface area contributed by atoms with E-state index in [-0.39, 0.29) is 35.8 Å². The lowest BCUT2D eigenvalue weighted by atomic mass is 9.86. The zero-order chi connectivity index (χ0) is 44.6. The van der Waals surface area contributed by atoms with Gasteiger partial charge in [0.15, 0.2) is 12.2 Å². The molecule has 10 nitrogen and oxygen atoms in total. The molecule has 6 N–H and O–H groups in total. The summed E-state index contributed by atoms with van der Waals surface area (Å²) in [5.74, 6) is -2.30. The van der Waals surface area contributed by atoms with Crippen LogP contribution in [0.2, 0.25) is 0 Å². The molecule has 4 aromatic rings. The number of halogens is 1. The number of carboxylic acid groups (broad SMARTS) is 2. The molecule has 4 aromatic carbocycles. The summed E-state index contributed by atoms with van der Waals surface area (Å²) in [6.07, 6.45) is -2.51. The molecule has 0 aliphatic heterocycles. The van der Waals surface area contributed by atoms with Gasteiger partial charge >= 0.3 is 11.9 Å². The van der Waals surface area contributed by atoms with Gasteiger partial charge < -0.3 is 59.1 Å². The zero-order valence-electron chi connectivity index (χ0n) is 37.5. The van der Waals surface area contributed by atoms with Crippen molar-refractivity contribution in [3.63, 3.8) is 0 Å². The highest BCUT2D eigenvalue weighted by Gasteiger charge is 2.32. The topological polar surface area (TPSA) is 159 Å². The van der Waals surface area contributed by atoms with Crippen molar-refractivity contribution in [2.45, 2.75) is 130 Å². The van der Waals surface area contributed by atoms with Crippen LogP contribution in [0.5, 0.6) is 11.5 Å². The number of carboxylic acids is 2. The van der Waals surface area contributed by atoms with Gasteiger partial charge in [-0.1, -0.05) is 96.1 Å². The van der Waals surface area contributed by atoms with Crippen molar-refractivity contribution in [3.05, 3.63) is 130 Å². The van der Waals surface area contributed by atoms with E-state index in [1.807, 2.05) is 30.3 Å². The SMILES string of the molecule is Cc1ccc(O)c([C@H](CCN(C(C)C)C(C)C)c2ccccc2)c1.Cc1ccc(O)c([C@H](CC[N+](C)(C(C)C)C(C)C)c2ccccc2)c1.O=C(O)C(O)C(O)C(=O)O.[I-]. The van der Waals surface area contributed by atoms with Gasteiger partial charge in [0.2, 0.25) is 0 Å². The van der Waals surface area contributed by atoms with E-state index >= 15 is 0 Å². The second-order valence-corrected chi connectivity index (χ2v) is 16.9. The van der Waals surface area contributed by atoms with E-state index < -0.39 is 24.1 Å². The molecule has 2 unspecified atom stereocenters. The van der Waals surface area contributed by atoms with Crippen LogP contribution in [0.15, 0.2) is 97.1 Å². The third kappa shape index (κ3) is 16.1. The Morgan fingerprint density at radius 3 is 1.25 bits per heavy atom. The standard InChI is InChI=1S/C23H33NO.C22H31NO.C4H6O6.HI/c1-17(2)24(6,18(3)4)15-14-21(20-10-8-7-9-11-20)22-16-19(5)12-13-23(22)25;1-16(2)23(17(3)4)14-13-20(19-9-7-6-8-10-19)21-15-18(5)11-12-22(21)24;5-1(3(7)8)2(6)4(9)10;/h7-13,16-18,21H,14-15H2,1-6H3;6-12,15-17,20,24H,13-14H2,1-5H3;1-2,5-6H,(H,7,8)(H,9,10);1H/t21-;20-;;/m11../s1. The van der Waals surface area contributed by atoms with Gasteiger partial charge in [0.1, 0.15) is 11.5 Å². The maximum atomic E-state index is 10.5. The lowest BCUT2D eigenvalue weighted by Crippen LogP contribution is -3.00. The summed E-state index contributed by atoms with van der Waals surface area (Å²) in [7, 11) is 2.35. The smallest absolute Gasteiger partial charge is 0.335 e. The molecule has 0 saturated heterocycles. The predicted molar refractivity (Wildman–Crippen MR) is 237 cm³/mol. The minimum Gasteiger partial charge on any atom is -1.00 e. The normalized spacial score (nSPS) is 13.4. The van der Waals surface area contributed by atoms with Crippen molar-refractivity contribution in [3.8, 4) is 11.5 Å².